The molecule has 0 radical (unpaired) electrons. The predicted octanol–water partition coefficient (Wildman–Crippen LogP) is 4.17. The lowest BCUT2D eigenvalue weighted by atomic mass is 9.87. The number of carbonyl (C=O) groups is 2. The largest absolute Gasteiger partial charge is 0.465 e. The summed E-state index contributed by atoms with van der Waals surface area (Å²) in [6.07, 6.45) is 9.15. The number of hydrogen-bond donors (Lipinski definition) is 1. The molecule has 7 nitrogen and oxygen atoms in total. The zero-order valence-corrected chi connectivity index (χ0v) is 18.2. The zero-order valence-electron chi connectivity index (χ0n) is 16.6. The summed E-state index contributed by atoms with van der Waals surface area (Å²) in [7, 11) is 1.32. The topological polar surface area (TPSA) is 86.1 Å². The number of nitrogens with one attached hydrogen (secondary N) is 1. The first-order valence-corrected chi connectivity index (χ1v) is 11.6. The summed E-state index contributed by atoms with van der Waals surface area (Å²) < 4.78 is 6.78. The lowest BCUT2D eigenvalue weighted by molar-refractivity contribution is -0.113. The highest BCUT2D eigenvalue weighted by molar-refractivity contribution is 7.99. The van der Waals surface area contributed by atoms with Crippen LogP contribution in [0.3, 0.4) is 0 Å². The number of esters is 1. The molecule has 2 aromatic heterocycles. The molecule has 9 heteroatoms. The highest BCUT2D eigenvalue weighted by atomic mass is 32.2. The standard InChI is InChI=1S/C20H26N4O3S2/c1-3-10-24-16(12-14-7-5-4-6-8-14)22-23-20(24)29-13-17(25)21-18-15(9-11-28-18)19(26)27-2/h3,9,11,14H,1,4-8,10,12-13H2,2H3,(H,21,25). The predicted molar refractivity (Wildman–Crippen MR) is 116 cm³/mol. The fourth-order valence-corrected chi connectivity index (χ4v) is 5.07. The minimum absolute atomic E-state index is 0.178. The molecule has 1 N–H and O–H groups in total. The van der Waals surface area contributed by atoms with E-state index in [0.29, 0.717) is 28.2 Å². The van der Waals surface area contributed by atoms with Crippen LogP contribution >= 0.6 is 23.1 Å². The van der Waals surface area contributed by atoms with Gasteiger partial charge in [0.25, 0.3) is 0 Å². The summed E-state index contributed by atoms with van der Waals surface area (Å²) in [4.78, 5) is 24.1. The number of ether oxygens (including phenoxy) is 1. The highest BCUT2D eigenvalue weighted by Gasteiger charge is 2.20. The van der Waals surface area contributed by atoms with E-state index in [1.807, 2.05) is 10.6 Å². The molecule has 1 aliphatic carbocycles. The number of hydrogen-bond acceptors (Lipinski definition) is 7. The average Bonchev–Trinajstić information content (AvgIpc) is 3.34. The minimum Gasteiger partial charge on any atom is -0.465 e. The molecule has 0 atom stereocenters. The zero-order chi connectivity index (χ0) is 20.6. The van der Waals surface area contributed by atoms with Gasteiger partial charge >= 0.3 is 5.97 Å². The van der Waals surface area contributed by atoms with Gasteiger partial charge in [-0.3, -0.25) is 4.79 Å². The molecule has 0 saturated heterocycles. The van der Waals surface area contributed by atoms with Crippen molar-refractivity contribution in [3.63, 3.8) is 0 Å². The number of carbonyl (C=O) groups excluding carboxylic acids is 2. The van der Waals surface area contributed by atoms with E-state index >= 15 is 0 Å². The molecular weight excluding hydrogens is 408 g/mol. The molecule has 1 amide bonds. The van der Waals surface area contributed by atoms with Crippen molar-refractivity contribution in [2.45, 2.75) is 50.2 Å². The van der Waals surface area contributed by atoms with Crippen molar-refractivity contribution in [1.29, 1.82) is 0 Å². The van der Waals surface area contributed by atoms with Crippen LogP contribution < -0.4 is 5.32 Å². The van der Waals surface area contributed by atoms with Crippen molar-refractivity contribution in [2.24, 2.45) is 5.92 Å². The van der Waals surface area contributed by atoms with Crippen LogP contribution in [0, 0.1) is 5.92 Å². The van der Waals surface area contributed by atoms with Gasteiger partial charge in [-0.05, 0) is 17.4 Å². The van der Waals surface area contributed by atoms with Crippen LogP contribution in [-0.2, 0) is 22.5 Å². The number of rotatable bonds is 9. The fourth-order valence-electron chi connectivity index (χ4n) is 3.51. The maximum Gasteiger partial charge on any atom is 0.340 e. The third kappa shape index (κ3) is 5.70. The van der Waals surface area contributed by atoms with E-state index in [2.05, 4.69) is 22.1 Å². The quantitative estimate of drug-likeness (QED) is 0.362. The van der Waals surface area contributed by atoms with Crippen LogP contribution in [0.2, 0.25) is 0 Å². The van der Waals surface area contributed by atoms with Crippen LogP contribution in [0.25, 0.3) is 0 Å². The molecule has 0 unspecified atom stereocenters. The maximum atomic E-state index is 12.4. The average molecular weight is 435 g/mol. The normalized spacial score (nSPS) is 14.5. The van der Waals surface area contributed by atoms with Gasteiger partial charge in [0.05, 0.1) is 18.4 Å². The number of thiophene rings is 1. The number of amides is 1. The minimum atomic E-state index is -0.465. The molecule has 29 heavy (non-hydrogen) atoms. The Labute approximate surface area is 178 Å². The number of thioether (sulfide) groups is 1. The third-order valence-electron chi connectivity index (χ3n) is 4.96. The Morgan fingerprint density at radius 1 is 1.38 bits per heavy atom. The summed E-state index contributed by atoms with van der Waals surface area (Å²) in [6, 6.07) is 1.64. The third-order valence-corrected chi connectivity index (χ3v) is 6.75. The van der Waals surface area contributed by atoms with Gasteiger partial charge in [0, 0.05) is 13.0 Å². The molecule has 3 rings (SSSR count). The van der Waals surface area contributed by atoms with Crippen LogP contribution in [-0.4, -0.2) is 39.5 Å². The van der Waals surface area contributed by atoms with Crippen molar-refractivity contribution < 1.29 is 14.3 Å². The van der Waals surface area contributed by atoms with E-state index in [-0.39, 0.29) is 11.7 Å². The van der Waals surface area contributed by atoms with Crippen LogP contribution in [0.1, 0.15) is 48.3 Å². The van der Waals surface area contributed by atoms with Crippen molar-refractivity contribution in [3.8, 4) is 0 Å². The molecule has 1 fully saturated rings. The monoisotopic (exact) mass is 434 g/mol. The molecule has 1 aliphatic rings. The van der Waals surface area contributed by atoms with Crippen molar-refractivity contribution in [3.05, 3.63) is 35.5 Å². The van der Waals surface area contributed by atoms with Crippen molar-refractivity contribution >= 4 is 40.0 Å². The summed E-state index contributed by atoms with van der Waals surface area (Å²) in [5.41, 5.74) is 0.362. The van der Waals surface area contributed by atoms with Gasteiger partial charge in [-0.15, -0.1) is 28.1 Å². The van der Waals surface area contributed by atoms with E-state index in [1.165, 1.54) is 62.3 Å². The molecule has 2 heterocycles. The summed E-state index contributed by atoms with van der Waals surface area (Å²) in [5.74, 6) is 1.13. The van der Waals surface area contributed by atoms with Gasteiger partial charge in [-0.2, -0.15) is 0 Å². The van der Waals surface area contributed by atoms with Crippen LogP contribution in [0.5, 0.6) is 0 Å². The molecule has 0 aromatic carbocycles. The first-order valence-electron chi connectivity index (χ1n) is 9.73. The molecule has 0 bridgehead atoms. The number of nitrogens with zero attached hydrogens (tertiary/aromatic N) is 3. The number of methoxy groups -OCH3 is 1. The molecule has 1 saturated carbocycles. The second kappa shape index (κ2) is 10.6. The Morgan fingerprint density at radius 3 is 2.90 bits per heavy atom. The Hall–Kier alpha value is -2.13. The van der Waals surface area contributed by atoms with Gasteiger partial charge in [0.2, 0.25) is 5.91 Å². The van der Waals surface area contributed by atoms with Crippen LogP contribution in [0.4, 0.5) is 5.00 Å². The highest BCUT2D eigenvalue weighted by Crippen LogP contribution is 2.28. The molecule has 2 aromatic rings. The van der Waals surface area contributed by atoms with E-state index < -0.39 is 5.97 Å². The number of allylic oxidation sites excluding steroid dienone is 1. The van der Waals surface area contributed by atoms with E-state index in [0.717, 1.165) is 12.2 Å². The first-order chi connectivity index (χ1) is 14.1. The number of aromatic nitrogens is 3. The van der Waals surface area contributed by atoms with Gasteiger partial charge < -0.3 is 14.6 Å². The lowest BCUT2D eigenvalue weighted by Crippen LogP contribution is -2.16. The van der Waals surface area contributed by atoms with Crippen molar-refractivity contribution in [2.75, 3.05) is 18.2 Å². The Morgan fingerprint density at radius 2 is 2.17 bits per heavy atom. The van der Waals surface area contributed by atoms with Crippen molar-refractivity contribution in [1.82, 2.24) is 14.8 Å². The summed E-state index contributed by atoms with van der Waals surface area (Å²) in [6.45, 7) is 4.46. The molecule has 156 valence electrons. The fraction of sp³-hybridized carbons (Fsp3) is 0.500. The van der Waals surface area contributed by atoms with Gasteiger partial charge in [0.1, 0.15) is 10.8 Å². The Bertz CT molecular complexity index is 856. The number of anilines is 1. The van der Waals surface area contributed by atoms with Gasteiger partial charge in [0.15, 0.2) is 5.16 Å². The Balaban J connectivity index is 1.61. The van der Waals surface area contributed by atoms with E-state index in [1.54, 1.807) is 11.4 Å². The van der Waals surface area contributed by atoms with E-state index in [4.69, 9.17) is 4.74 Å². The summed E-state index contributed by atoms with van der Waals surface area (Å²) in [5, 5.41) is 14.4. The maximum absolute atomic E-state index is 12.4. The Kier molecular flexibility index (Phi) is 7.88. The second-order valence-electron chi connectivity index (χ2n) is 7.00. The molecule has 0 aliphatic heterocycles. The molecular formula is C20H26N4O3S2. The second-order valence-corrected chi connectivity index (χ2v) is 8.86. The first kappa shape index (κ1) is 21.6. The van der Waals surface area contributed by atoms with E-state index in [9.17, 15) is 9.59 Å². The van der Waals surface area contributed by atoms with Crippen LogP contribution in [0.15, 0.2) is 29.3 Å². The van der Waals surface area contributed by atoms with Gasteiger partial charge in [-0.25, -0.2) is 4.79 Å². The summed E-state index contributed by atoms with van der Waals surface area (Å²) >= 11 is 2.63. The lowest BCUT2D eigenvalue weighted by Gasteiger charge is -2.21. The smallest absolute Gasteiger partial charge is 0.340 e. The molecule has 0 spiro atoms. The van der Waals surface area contributed by atoms with Gasteiger partial charge in [-0.1, -0.05) is 49.9 Å². The SMILES string of the molecule is C=CCn1c(CC2CCCCC2)nnc1SCC(=O)Nc1sccc1C(=O)OC.